The van der Waals surface area contributed by atoms with Crippen LogP contribution in [0.1, 0.15) is 77.1 Å². The molecule has 2 aromatic carbocycles. The van der Waals surface area contributed by atoms with E-state index < -0.39 is 0 Å². The lowest BCUT2D eigenvalue weighted by molar-refractivity contribution is 0.316. The van der Waals surface area contributed by atoms with Gasteiger partial charge in [-0.1, -0.05) is 162 Å². The van der Waals surface area contributed by atoms with Gasteiger partial charge in [0.05, 0.1) is 5.42 Å². The Kier molecular flexibility index (Phi) is 11.5. The van der Waals surface area contributed by atoms with Crippen molar-refractivity contribution in [1.82, 2.24) is 0 Å². The monoisotopic (exact) mass is 713 g/mol. The number of hydrogen-bond donors (Lipinski definition) is 0. The van der Waals surface area contributed by atoms with E-state index in [0.717, 1.165) is 29.6 Å². The van der Waals surface area contributed by atoms with E-state index in [-0.39, 0.29) is 10.8 Å². The van der Waals surface area contributed by atoms with Gasteiger partial charge >= 0.3 is 0 Å². The van der Waals surface area contributed by atoms with Crippen LogP contribution < -0.4 is 4.90 Å². The van der Waals surface area contributed by atoms with Gasteiger partial charge in [-0.05, 0) is 119 Å². The molecule has 0 fully saturated rings. The zero-order chi connectivity index (χ0) is 37.8. The van der Waals surface area contributed by atoms with E-state index in [1.54, 1.807) is 0 Å². The largest absolute Gasteiger partial charge is 0.314 e. The number of allylic oxidation sites excluding steroid dienone is 19. The molecule has 0 saturated carbocycles. The first-order valence-electron chi connectivity index (χ1n) is 19.1. The van der Waals surface area contributed by atoms with Crippen LogP contribution in [0.3, 0.4) is 0 Å². The summed E-state index contributed by atoms with van der Waals surface area (Å²) in [5.41, 5.74) is 15.2. The Morgan fingerprint density at radius 3 is 2.47 bits per heavy atom. The van der Waals surface area contributed by atoms with Gasteiger partial charge in [0.25, 0.3) is 0 Å². The third-order valence-corrected chi connectivity index (χ3v) is 12.9. The summed E-state index contributed by atoms with van der Waals surface area (Å²) >= 11 is 0. The van der Waals surface area contributed by atoms with Gasteiger partial charge in [0.1, 0.15) is 0 Å². The van der Waals surface area contributed by atoms with Crippen molar-refractivity contribution in [2.24, 2.45) is 17.3 Å². The minimum atomic E-state index is -0.201. The SMILES string of the molecule is C=C(/C=C\CC(=C/C)/C=C1\C(=C)c2ccc(N(/C=C\C3=C(C)C(C)(C)C4C=CC=CC34)c3[pH]ccc3C/C=C\C=C/C)cc2C1(C)C)c1ccccc1. The molecule has 0 aliphatic heterocycles. The fraction of sp³-hybridized carbons (Fsp3) is 0.255. The zero-order valence-corrected chi connectivity index (χ0v) is 33.8. The molecule has 270 valence electrons. The molecule has 0 N–H and O–H groups in total. The molecule has 3 aromatic rings. The quantitative estimate of drug-likeness (QED) is 0.169. The normalized spacial score (nSPS) is 21.5. The van der Waals surface area contributed by atoms with Crippen molar-refractivity contribution < 1.29 is 0 Å². The highest BCUT2D eigenvalue weighted by Crippen LogP contribution is 2.54. The van der Waals surface area contributed by atoms with Crippen molar-refractivity contribution in [3.05, 3.63) is 203 Å². The van der Waals surface area contributed by atoms with Crippen LogP contribution in [0.2, 0.25) is 0 Å². The molecule has 1 aromatic heterocycles. The van der Waals surface area contributed by atoms with Gasteiger partial charge in [0, 0.05) is 23.2 Å². The predicted molar refractivity (Wildman–Crippen MR) is 236 cm³/mol. The van der Waals surface area contributed by atoms with Crippen molar-refractivity contribution in [3.8, 4) is 0 Å². The summed E-state index contributed by atoms with van der Waals surface area (Å²) in [6.45, 7) is 25.0. The maximum absolute atomic E-state index is 4.67. The number of hydrogen-bond acceptors (Lipinski definition) is 1. The van der Waals surface area contributed by atoms with Crippen molar-refractivity contribution >= 4 is 30.4 Å². The molecule has 1 heterocycles. The molecular formula is C51H56NP. The maximum atomic E-state index is 4.67. The smallest absolute Gasteiger partial charge is 0.0651 e. The molecule has 0 amide bonds. The first kappa shape index (κ1) is 37.9. The fourth-order valence-electron chi connectivity index (χ4n) is 8.24. The minimum absolute atomic E-state index is 0.118. The van der Waals surface area contributed by atoms with E-state index in [1.165, 1.54) is 50.1 Å². The molecule has 6 rings (SSSR count). The molecule has 0 spiro atoms. The second kappa shape index (κ2) is 16.0. The standard InChI is InChI=1S/C51H56NP/c1-10-12-13-15-25-41-31-33-53-49(41)52(32-30-44-38(5)50(6,7)46-27-19-18-26-45(44)46)42-28-29-43-37(4)47(51(8,9)48(43)35-42)34-39(11-2)22-20-21-36(3)40-23-16-14-17-24-40/h10-21,23-24,26-35,45-46,53H,3-4,22,25H2,1-2,5-9H3/b12-10-,15-13-,21-20-,32-30-,39-11-,47-34+. The molecule has 0 bridgehead atoms. The summed E-state index contributed by atoms with van der Waals surface area (Å²) in [4.78, 5) is 2.48. The third kappa shape index (κ3) is 7.65. The Hall–Kier alpha value is -4.84. The first-order chi connectivity index (χ1) is 25.5. The second-order valence-corrected chi connectivity index (χ2v) is 16.7. The van der Waals surface area contributed by atoms with Crippen molar-refractivity contribution in [2.45, 2.75) is 66.7 Å². The number of fused-ring (bicyclic) bond motifs is 2. The average Bonchev–Trinajstić information content (AvgIpc) is 3.76. The summed E-state index contributed by atoms with van der Waals surface area (Å²) in [7, 11) is 0.604. The van der Waals surface area contributed by atoms with E-state index in [1.807, 2.05) is 6.07 Å². The minimum Gasteiger partial charge on any atom is -0.314 e. The van der Waals surface area contributed by atoms with Crippen molar-refractivity contribution in [3.63, 3.8) is 0 Å². The highest BCUT2D eigenvalue weighted by atomic mass is 31.0. The van der Waals surface area contributed by atoms with E-state index in [9.17, 15) is 0 Å². The van der Waals surface area contributed by atoms with Crippen LogP contribution in [-0.4, -0.2) is 0 Å². The molecule has 3 atom stereocenters. The van der Waals surface area contributed by atoms with Gasteiger partial charge < -0.3 is 4.90 Å². The number of rotatable bonds is 12. The number of nitrogens with zero attached hydrogens (tertiary/aromatic N) is 1. The van der Waals surface area contributed by atoms with Gasteiger partial charge in [-0.2, -0.15) is 0 Å². The molecule has 1 nitrogen and oxygen atoms in total. The molecule has 3 aliphatic rings. The Bertz CT molecular complexity index is 2140. The maximum Gasteiger partial charge on any atom is 0.0651 e. The Labute approximate surface area is 321 Å². The van der Waals surface area contributed by atoms with E-state index in [2.05, 4.69) is 206 Å². The molecule has 53 heavy (non-hydrogen) atoms. The summed E-state index contributed by atoms with van der Waals surface area (Å²) in [6.07, 6.45) is 33.3. The molecule has 0 radical (unpaired) electrons. The Morgan fingerprint density at radius 1 is 0.943 bits per heavy atom. The van der Waals surface area contributed by atoms with Crippen LogP contribution in [0.4, 0.5) is 11.1 Å². The third-order valence-electron chi connectivity index (χ3n) is 11.8. The number of anilines is 2. The summed E-state index contributed by atoms with van der Waals surface area (Å²) in [6, 6.07) is 19.7. The molecule has 3 aliphatic carbocycles. The highest BCUT2D eigenvalue weighted by Gasteiger charge is 2.43. The lowest BCUT2D eigenvalue weighted by atomic mass is 9.73. The van der Waals surface area contributed by atoms with E-state index in [0.29, 0.717) is 20.0 Å². The first-order valence-corrected chi connectivity index (χ1v) is 20.2. The van der Waals surface area contributed by atoms with Crippen molar-refractivity contribution in [2.75, 3.05) is 4.90 Å². The van der Waals surface area contributed by atoms with E-state index in [4.69, 9.17) is 0 Å². The zero-order valence-electron chi connectivity index (χ0n) is 32.8. The number of benzene rings is 2. The van der Waals surface area contributed by atoms with Crippen LogP contribution >= 0.6 is 8.19 Å². The van der Waals surface area contributed by atoms with Gasteiger partial charge in [-0.25, -0.2) is 0 Å². The fourth-order valence-corrected chi connectivity index (χ4v) is 9.40. The summed E-state index contributed by atoms with van der Waals surface area (Å²) in [5, 5.41) is 0. The Morgan fingerprint density at radius 2 is 1.72 bits per heavy atom. The van der Waals surface area contributed by atoms with Crippen LogP contribution in [0, 0.1) is 17.3 Å². The lowest BCUT2D eigenvalue weighted by Gasteiger charge is -2.30. The average molecular weight is 714 g/mol. The van der Waals surface area contributed by atoms with Crippen LogP contribution in [0.5, 0.6) is 0 Å². The van der Waals surface area contributed by atoms with Gasteiger partial charge in [0.15, 0.2) is 0 Å². The molecule has 2 heteroatoms. The topological polar surface area (TPSA) is 3.24 Å². The second-order valence-electron chi connectivity index (χ2n) is 15.6. The molecular weight excluding hydrogens is 658 g/mol. The van der Waals surface area contributed by atoms with E-state index >= 15 is 0 Å². The molecule has 0 saturated heterocycles. The molecule has 3 unspecified atom stereocenters. The Balaban J connectivity index is 1.35. The predicted octanol–water partition coefficient (Wildman–Crippen LogP) is 14.6. The summed E-state index contributed by atoms with van der Waals surface area (Å²) < 4.78 is 0. The van der Waals surface area contributed by atoms with Crippen LogP contribution in [0.25, 0.3) is 11.1 Å². The van der Waals surface area contributed by atoms with Gasteiger partial charge in [-0.15, -0.1) is 8.19 Å². The van der Waals surface area contributed by atoms with Gasteiger partial charge in [-0.3, -0.25) is 0 Å². The van der Waals surface area contributed by atoms with Crippen LogP contribution in [-0.2, 0) is 11.8 Å². The lowest BCUT2D eigenvalue weighted by Crippen LogP contribution is -2.23. The van der Waals surface area contributed by atoms with Gasteiger partial charge in [0.2, 0.25) is 0 Å². The summed E-state index contributed by atoms with van der Waals surface area (Å²) in [5.74, 6) is 3.22. The van der Waals surface area contributed by atoms with Crippen LogP contribution in [0.15, 0.2) is 181 Å². The highest BCUT2D eigenvalue weighted by molar-refractivity contribution is 7.34. The van der Waals surface area contributed by atoms with Crippen molar-refractivity contribution in [1.29, 1.82) is 0 Å².